The standard InChI is InChI=1S/C36H67N3O12/c1-30(40)28-50-26-24-49-23-21-38-34(43)29-51-27-25-48-22-20-37-32(41)19-18-31(36(46)47)39-33(42)16-14-12-10-8-6-4-2-3-5-7-9-11-13-15-17-35(44)45/h31,36,46-47H,2-29H2,1H3,(H,37,41)(H,38,43)(H,39,42)(H,44,45)/t31-/m0/s1. The number of hydrogen-bond donors (Lipinski definition) is 6. The fraction of sp³-hybridized carbons (Fsp3) is 0.861. The molecule has 3 amide bonds. The van der Waals surface area contributed by atoms with E-state index >= 15 is 0 Å². The molecule has 0 radical (unpaired) electrons. The number of carboxylic acids is 1. The summed E-state index contributed by atoms with van der Waals surface area (Å²) in [7, 11) is 0. The first-order valence-electron chi connectivity index (χ1n) is 18.8. The third kappa shape index (κ3) is 36.9. The molecule has 0 aromatic carbocycles. The molecule has 6 N–H and O–H groups in total. The van der Waals surface area contributed by atoms with E-state index in [2.05, 4.69) is 16.0 Å². The number of rotatable bonds is 38. The van der Waals surface area contributed by atoms with Crippen LogP contribution in [0.5, 0.6) is 0 Å². The van der Waals surface area contributed by atoms with E-state index in [1.54, 1.807) is 0 Å². The van der Waals surface area contributed by atoms with Gasteiger partial charge in [-0.25, -0.2) is 0 Å². The molecule has 0 saturated carbocycles. The molecule has 0 bridgehead atoms. The first kappa shape index (κ1) is 48.3. The summed E-state index contributed by atoms with van der Waals surface area (Å²) in [6.45, 7) is 3.56. The van der Waals surface area contributed by atoms with Crippen LogP contribution in [0, 0.1) is 0 Å². The van der Waals surface area contributed by atoms with Crippen LogP contribution in [0.25, 0.3) is 0 Å². The predicted molar refractivity (Wildman–Crippen MR) is 191 cm³/mol. The zero-order chi connectivity index (χ0) is 37.8. The third-order valence-electron chi connectivity index (χ3n) is 7.85. The summed E-state index contributed by atoms with van der Waals surface area (Å²) in [5.74, 6) is -1.62. The molecule has 0 aliphatic carbocycles. The minimum absolute atomic E-state index is 0.00801. The van der Waals surface area contributed by atoms with E-state index in [-0.39, 0.29) is 82.3 Å². The van der Waals surface area contributed by atoms with Crippen molar-refractivity contribution < 1.29 is 58.2 Å². The van der Waals surface area contributed by atoms with E-state index in [1.165, 1.54) is 51.9 Å². The van der Waals surface area contributed by atoms with Gasteiger partial charge in [0.25, 0.3) is 0 Å². The lowest BCUT2D eigenvalue weighted by molar-refractivity contribution is -0.137. The Morgan fingerprint density at radius 2 is 0.941 bits per heavy atom. The minimum Gasteiger partial charge on any atom is -0.481 e. The van der Waals surface area contributed by atoms with Gasteiger partial charge >= 0.3 is 5.97 Å². The van der Waals surface area contributed by atoms with Gasteiger partial charge in [0, 0.05) is 32.4 Å². The van der Waals surface area contributed by atoms with Crippen LogP contribution in [-0.4, -0.2) is 123 Å². The normalized spacial score (nSPS) is 11.8. The number of nitrogens with one attached hydrogen (secondary N) is 3. The molecular weight excluding hydrogens is 666 g/mol. The first-order chi connectivity index (χ1) is 24.6. The number of carbonyl (C=O) groups is 5. The van der Waals surface area contributed by atoms with Crippen molar-refractivity contribution in [3.63, 3.8) is 0 Å². The van der Waals surface area contributed by atoms with Crippen molar-refractivity contribution in [2.75, 3.05) is 65.9 Å². The largest absolute Gasteiger partial charge is 0.481 e. The van der Waals surface area contributed by atoms with Crippen LogP contribution in [0.3, 0.4) is 0 Å². The van der Waals surface area contributed by atoms with Crippen LogP contribution in [0.4, 0.5) is 0 Å². The summed E-state index contributed by atoms with van der Waals surface area (Å²) in [4.78, 5) is 57.4. The number of aliphatic hydroxyl groups is 2. The zero-order valence-electron chi connectivity index (χ0n) is 31.0. The first-order valence-corrected chi connectivity index (χ1v) is 18.8. The molecule has 0 rings (SSSR count). The van der Waals surface area contributed by atoms with Crippen molar-refractivity contribution in [2.45, 2.75) is 135 Å². The van der Waals surface area contributed by atoms with Crippen molar-refractivity contribution >= 4 is 29.5 Å². The number of carbonyl (C=O) groups excluding carboxylic acids is 4. The lowest BCUT2D eigenvalue weighted by Crippen LogP contribution is -2.44. The highest BCUT2D eigenvalue weighted by atomic mass is 16.5. The highest BCUT2D eigenvalue weighted by Gasteiger charge is 2.20. The van der Waals surface area contributed by atoms with E-state index in [4.69, 9.17) is 24.1 Å². The molecule has 1 atom stereocenters. The Kier molecular flexibility index (Phi) is 33.8. The quantitative estimate of drug-likeness (QED) is 0.0399. The molecule has 15 nitrogen and oxygen atoms in total. The molecule has 298 valence electrons. The summed E-state index contributed by atoms with van der Waals surface area (Å²) in [5.41, 5.74) is 0. The second-order valence-corrected chi connectivity index (χ2v) is 12.7. The number of aliphatic hydroxyl groups excluding tert-OH is 1. The second kappa shape index (κ2) is 35.7. The van der Waals surface area contributed by atoms with Gasteiger partial charge in [-0.15, -0.1) is 0 Å². The summed E-state index contributed by atoms with van der Waals surface area (Å²) in [6.07, 6.45) is 14.2. The minimum atomic E-state index is -1.77. The molecule has 0 spiro atoms. The van der Waals surface area contributed by atoms with Gasteiger partial charge in [0.15, 0.2) is 12.1 Å². The number of aliphatic carboxylic acids is 1. The van der Waals surface area contributed by atoms with Gasteiger partial charge in [-0.2, -0.15) is 0 Å². The molecule has 15 heteroatoms. The van der Waals surface area contributed by atoms with Crippen LogP contribution in [0.1, 0.15) is 122 Å². The van der Waals surface area contributed by atoms with Crippen molar-refractivity contribution in [1.29, 1.82) is 0 Å². The molecule has 0 fully saturated rings. The van der Waals surface area contributed by atoms with Crippen LogP contribution in [0.15, 0.2) is 0 Å². The smallest absolute Gasteiger partial charge is 0.303 e. The van der Waals surface area contributed by atoms with E-state index in [0.29, 0.717) is 32.8 Å². The van der Waals surface area contributed by atoms with Crippen molar-refractivity contribution in [2.24, 2.45) is 0 Å². The van der Waals surface area contributed by atoms with Crippen LogP contribution < -0.4 is 16.0 Å². The Labute approximate surface area is 304 Å². The third-order valence-corrected chi connectivity index (χ3v) is 7.85. The highest BCUT2D eigenvalue weighted by molar-refractivity contribution is 5.78. The van der Waals surface area contributed by atoms with Gasteiger partial charge in [0.05, 0.1) is 45.7 Å². The average Bonchev–Trinajstić information content (AvgIpc) is 3.08. The van der Waals surface area contributed by atoms with Gasteiger partial charge in [-0.1, -0.05) is 77.0 Å². The van der Waals surface area contributed by atoms with Gasteiger partial charge in [-0.05, 0) is 26.2 Å². The Morgan fingerprint density at radius 1 is 0.510 bits per heavy atom. The fourth-order valence-corrected chi connectivity index (χ4v) is 5.03. The van der Waals surface area contributed by atoms with Crippen LogP contribution >= 0.6 is 0 Å². The topological polar surface area (TPSA) is 219 Å². The van der Waals surface area contributed by atoms with E-state index in [1.807, 2.05) is 0 Å². The Morgan fingerprint density at radius 3 is 1.41 bits per heavy atom. The number of unbranched alkanes of at least 4 members (excludes halogenated alkanes) is 13. The number of Topliss-reactive ketones (excluding diaryl/α,β-unsaturated/α-hetero) is 1. The number of ether oxygens (including phenoxy) is 4. The average molecular weight is 734 g/mol. The van der Waals surface area contributed by atoms with Gasteiger partial charge in [0.2, 0.25) is 17.7 Å². The van der Waals surface area contributed by atoms with Crippen LogP contribution in [0.2, 0.25) is 0 Å². The number of carboxylic acid groups (broad SMARTS) is 1. The monoisotopic (exact) mass is 733 g/mol. The van der Waals surface area contributed by atoms with E-state index in [0.717, 1.165) is 44.9 Å². The van der Waals surface area contributed by atoms with Crippen molar-refractivity contribution in [3.05, 3.63) is 0 Å². The van der Waals surface area contributed by atoms with E-state index in [9.17, 15) is 34.2 Å². The summed E-state index contributed by atoms with van der Waals surface area (Å²) in [6, 6.07) is -0.934. The second-order valence-electron chi connectivity index (χ2n) is 12.7. The number of ketones is 1. The summed E-state index contributed by atoms with van der Waals surface area (Å²) < 4.78 is 21.0. The zero-order valence-corrected chi connectivity index (χ0v) is 31.0. The van der Waals surface area contributed by atoms with E-state index < -0.39 is 18.3 Å². The predicted octanol–water partition coefficient (Wildman–Crippen LogP) is 2.78. The fourth-order valence-electron chi connectivity index (χ4n) is 5.03. The SMILES string of the molecule is CC(=O)COCCOCCNC(=O)COCCOCCNC(=O)CC[C@H](NC(=O)CCCCCCCCCCCCCCCCC(=O)O)C(O)O. The van der Waals surface area contributed by atoms with Crippen molar-refractivity contribution in [1.82, 2.24) is 16.0 Å². The lowest BCUT2D eigenvalue weighted by atomic mass is 10.0. The molecule has 0 aliphatic rings. The maximum Gasteiger partial charge on any atom is 0.303 e. The lowest BCUT2D eigenvalue weighted by Gasteiger charge is -2.20. The molecule has 51 heavy (non-hydrogen) atoms. The Bertz CT molecular complexity index is 907. The molecule has 0 aromatic heterocycles. The number of hydrogen-bond acceptors (Lipinski definition) is 11. The highest BCUT2D eigenvalue weighted by Crippen LogP contribution is 2.14. The summed E-state index contributed by atoms with van der Waals surface area (Å²) >= 11 is 0. The molecule has 0 aliphatic heterocycles. The molecule has 0 heterocycles. The molecule has 0 saturated heterocycles. The van der Waals surface area contributed by atoms with Gasteiger partial charge < -0.3 is 50.2 Å². The van der Waals surface area contributed by atoms with Crippen LogP contribution in [-0.2, 0) is 42.9 Å². The Hall–Kier alpha value is -2.69. The van der Waals surface area contributed by atoms with Gasteiger partial charge in [0.1, 0.15) is 13.2 Å². The molecule has 0 unspecified atom stereocenters. The maximum absolute atomic E-state index is 12.3. The maximum atomic E-state index is 12.3. The molecular formula is C36H67N3O12. The summed E-state index contributed by atoms with van der Waals surface area (Å²) in [5, 5.41) is 35.9. The van der Waals surface area contributed by atoms with Crippen molar-refractivity contribution in [3.8, 4) is 0 Å². The van der Waals surface area contributed by atoms with Gasteiger partial charge in [-0.3, -0.25) is 24.0 Å². The Balaban J connectivity index is 3.66. The molecule has 0 aromatic rings. The number of amides is 3.